The summed E-state index contributed by atoms with van der Waals surface area (Å²) in [6, 6.07) is 4.84. The molecule has 0 spiro atoms. The number of rotatable bonds is 2. The Morgan fingerprint density at radius 2 is 1.87 bits per heavy atom. The van der Waals surface area contributed by atoms with E-state index in [0.29, 0.717) is 49.2 Å². The van der Waals surface area contributed by atoms with E-state index in [-0.39, 0.29) is 23.5 Å². The van der Waals surface area contributed by atoms with Gasteiger partial charge in [0.15, 0.2) is 9.84 Å². The molecule has 3 rings (SSSR count). The second-order valence-electron chi connectivity index (χ2n) is 6.21. The van der Waals surface area contributed by atoms with Gasteiger partial charge in [-0.15, -0.1) is 0 Å². The highest BCUT2D eigenvalue weighted by Gasteiger charge is 2.28. The molecule has 0 unspecified atom stereocenters. The summed E-state index contributed by atoms with van der Waals surface area (Å²) in [4.78, 5) is 25.8. The van der Waals surface area contributed by atoms with Gasteiger partial charge in [0, 0.05) is 24.6 Å². The molecule has 2 aliphatic heterocycles. The summed E-state index contributed by atoms with van der Waals surface area (Å²) in [6.07, 6.45) is 2.44. The molecule has 2 amide bonds. The molecule has 1 saturated heterocycles. The third-order valence-electron chi connectivity index (χ3n) is 4.69. The number of aryl methyl sites for hydroxylation is 1. The lowest BCUT2D eigenvalue weighted by Crippen LogP contribution is -2.41. The van der Waals surface area contributed by atoms with Gasteiger partial charge < -0.3 is 10.6 Å². The number of sulfone groups is 1. The Balaban J connectivity index is 1.78. The van der Waals surface area contributed by atoms with Gasteiger partial charge in [-0.05, 0) is 49.4 Å². The lowest BCUT2D eigenvalue weighted by Gasteiger charge is -2.31. The summed E-state index contributed by atoms with van der Waals surface area (Å²) in [5.74, 6) is -0.406. The number of benzene rings is 1. The Morgan fingerprint density at radius 1 is 1.17 bits per heavy atom. The molecule has 2 aliphatic rings. The molecular weight excluding hydrogens is 316 g/mol. The maximum absolute atomic E-state index is 12.6. The van der Waals surface area contributed by atoms with E-state index in [9.17, 15) is 18.0 Å². The highest BCUT2D eigenvalue weighted by Crippen LogP contribution is 2.27. The number of nitrogens with zero attached hydrogens (tertiary/aromatic N) is 1. The molecular formula is C16H20N2O4S. The van der Waals surface area contributed by atoms with Crippen molar-refractivity contribution in [1.29, 1.82) is 0 Å². The van der Waals surface area contributed by atoms with E-state index < -0.39 is 9.84 Å². The fourth-order valence-electron chi connectivity index (χ4n) is 3.32. The Morgan fingerprint density at radius 3 is 2.52 bits per heavy atom. The lowest BCUT2D eigenvalue weighted by atomic mass is 9.95. The van der Waals surface area contributed by atoms with Crippen molar-refractivity contribution >= 4 is 21.7 Å². The van der Waals surface area contributed by atoms with Crippen LogP contribution in [0.4, 0.5) is 0 Å². The molecule has 23 heavy (non-hydrogen) atoms. The molecule has 2 heterocycles. The summed E-state index contributed by atoms with van der Waals surface area (Å²) >= 11 is 0. The van der Waals surface area contributed by atoms with E-state index in [1.807, 2.05) is 0 Å². The minimum Gasteiger partial charge on any atom is -0.369 e. The lowest BCUT2D eigenvalue weighted by molar-refractivity contribution is -0.123. The molecule has 0 saturated carbocycles. The molecule has 0 radical (unpaired) electrons. The van der Waals surface area contributed by atoms with E-state index in [1.54, 1.807) is 23.1 Å². The van der Waals surface area contributed by atoms with Crippen LogP contribution in [0.25, 0.3) is 0 Å². The maximum atomic E-state index is 12.6. The topological polar surface area (TPSA) is 97.5 Å². The van der Waals surface area contributed by atoms with Crippen LogP contribution < -0.4 is 5.73 Å². The van der Waals surface area contributed by atoms with Gasteiger partial charge in [-0.1, -0.05) is 0 Å². The molecule has 6 nitrogen and oxygen atoms in total. The Hall–Kier alpha value is -1.89. The predicted molar refractivity (Wildman–Crippen MR) is 84.6 cm³/mol. The summed E-state index contributed by atoms with van der Waals surface area (Å²) < 4.78 is 24.0. The first-order valence-corrected chi connectivity index (χ1v) is 9.48. The highest BCUT2D eigenvalue weighted by atomic mass is 32.2. The van der Waals surface area contributed by atoms with Gasteiger partial charge in [0.1, 0.15) is 0 Å². The molecule has 0 aliphatic carbocycles. The van der Waals surface area contributed by atoms with Gasteiger partial charge in [0.05, 0.1) is 10.6 Å². The third-order valence-corrected chi connectivity index (χ3v) is 6.58. The molecule has 0 aromatic heterocycles. The van der Waals surface area contributed by atoms with E-state index >= 15 is 0 Å². The second kappa shape index (κ2) is 5.96. The van der Waals surface area contributed by atoms with Gasteiger partial charge in [-0.3, -0.25) is 9.59 Å². The molecule has 1 aromatic rings. The van der Waals surface area contributed by atoms with Crippen molar-refractivity contribution in [3.05, 3.63) is 29.3 Å². The first-order chi connectivity index (χ1) is 10.9. The smallest absolute Gasteiger partial charge is 0.253 e. The number of nitrogens with two attached hydrogens (primary N) is 1. The molecule has 0 atom stereocenters. The fourth-order valence-corrected chi connectivity index (χ4v) is 4.90. The zero-order valence-corrected chi connectivity index (χ0v) is 13.6. The molecule has 7 heteroatoms. The number of carbonyl (C=O) groups is 2. The second-order valence-corrected chi connectivity index (χ2v) is 8.29. The van der Waals surface area contributed by atoms with Crippen LogP contribution in [0.3, 0.4) is 0 Å². The van der Waals surface area contributed by atoms with Crippen LogP contribution in [0.1, 0.15) is 35.2 Å². The number of carbonyl (C=O) groups excluding carboxylic acids is 2. The van der Waals surface area contributed by atoms with Crippen molar-refractivity contribution in [3.63, 3.8) is 0 Å². The van der Waals surface area contributed by atoms with Crippen molar-refractivity contribution in [2.75, 3.05) is 18.8 Å². The van der Waals surface area contributed by atoms with Gasteiger partial charge in [0.2, 0.25) is 5.91 Å². The molecule has 124 valence electrons. The van der Waals surface area contributed by atoms with Gasteiger partial charge in [-0.2, -0.15) is 0 Å². The number of primary amides is 1. The molecule has 1 aromatic carbocycles. The summed E-state index contributed by atoms with van der Waals surface area (Å²) in [7, 11) is -3.20. The Bertz CT molecular complexity index is 749. The Kier molecular flexibility index (Phi) is 4.14. The van der Waals surface area contributed by atoms with Crippen molar-refractivity contribution in [2.45, 2.75) is 30.6 Å². The normalized spacial score (nSPS) is 20.8. The highest BCUT2D eigenvalue weighted by molar-refractivity contribution is 7.91. The van der Waals surface area contributed by atoms with Crippen LogP contribution in [-0.2, 0) is 21.1 Å². The van der Waals surface area contributed by atoms with E-state index in [4.69, 9.17) is 5.73 Å². The van der Waals surface area contributed by atoms with E-state index in [2.05, 4.69) is 0 Å². The van der Waals surface area contributed by atoms with E-state index in [0.717, 1.165) is 5.56 Å². The number of likely N-dealkylation sites (tertiary alicyclic amines) is 1. The predicted octanol–water partition coefficient (Wildman–Crippen LogP) is 0.744. The SMILES string of the molecule is NC(=O)C1CCN(C(=O)c2ccc3c(c2)CCCS3(=O)=O)CC1. The van der Waals surface area contributed by atoms with Crippen molar-refractivity contribution < 1.29 is 18.0 Å². The monoisotopic (exact) mass is 336 g/mol. The summed E-state index contributed by atoms with van der Waals surface area (Å²) in [6.45, 7) is 1.00. The maximum Gasteiger partial charge on any atom is 0.253 e. The number of hydrogen-bond donors (Lipinski definition) is 1. The number of fused-ring (bicyclic) bond motifs is 1. The van der Waals surface area contributed by atoms with Gasteiger partial charge in [-0.25, -0.2) is 8.42 Å². The summed E-state index contributed by atoms with van der Waals surface area (Å²) in [5, 5.41) is 0. The van der Waals surface area contributed by atoms with Gasteiger partial charge in [0.25, 0.3) is 5.91 Å². The average Bonchev–Trinajstić information content (AvgIpc) is 2.53. The summed E-state index contributed by atoms with van der Waals surface area (Å²) in [5.41, 5.74) is 6.55. The van der Waals surface area contributed by atoms with Crippen molar-refractivity contribution in [2.24, 2.45) is 11.7 Å². The first-order valence-electron chi connectivity index (χ1n) is 7.83. The standard InChI is InChI=1S/C16H20N2O4S/c17-15(19)11-5-7-18(8-6-11)16(20)13-3-4-14-12(10-13)2-1-9-23(14,21)22/h3-4,10-11H,1-2,5-9H2,(H2,17,19). The average molecular weight is 336 g/mol. The van der Waals surface area contributed by atoms with Crippen molar-refractivity contribution in [1.82, 2.24) is 4.90 Å². The van der Waals surface area contributed by atoms with Crippen molar-refractivity contribution in [3.8, 4) is 0 Å². The zero-order chi connectivity index (χ0) is 16.6. The number of amides is 2. The van der Waals surface area contributed by atoms with Crippen LogP contribution in [0.2, 0.25) is 0 Å². The molecule has 0 bridgehead atoms. The first kappa shape index (κ1) is 16.0. The van der Waals surface area contributed by atoms with Crippen LogP contribution in [0.15, 0.2) is 23.1 Å². The van der Waals surface area contributed by atoms with Crippen LogP contribution >= 0.6 is 0 Å². The van der Waals surface area contributed by atoms with E-state index in [1.165, 1.54) is 0 Å². The van der Waals surface area contributed by atoms with Gasteiger partial charge >= 0.3 is 0 Å². The minimum atomic E-state index is -3.20. The third kappa shape index (κ3) is 3.10. The Labute approximate surface area is 135 Å². The largest absolute Gasteiger partial charge is 0.369 e. The number of hydrogen-bond acceptors (Lipinski definition) is 4. The zero-order valence-electron chi connectivity index (χ0n) is 12.8. The molecule has 1 fully saturated rings. The fraction of sp³-hybridized carbons (Fsp3) is 0.500. The number of piperidine rings is 1. The minimum absolute atomic E-state index is 0.112. The molecule has 2 N–H and O–H groups in total. The van der Waals surface area contributed by atoms with Crippen LogP contribution in [-0.4, -0.2) is 44.0 Å². The quantitative estimate of drug-likeness (QED) is 0.861. The van der Waals surface area contributed by atoms with Crippen LogP contribution in [0.5, 0.6) is 0 Å². The van der Waals surface area contributed by atoms with Crippen LogP contribution in [0, 0.1) is 5.92 Å².